The molecule has 6 heteroatoms. The maximum atomic E-state index is 13.5. The normalized spacial score (nSPS) is 11.6. The number of carbonyl (C=O) groups is 2. The number of hydrogen-bond acceptors (Lipinski definition) is 3. The van der Waals surface area contributed by atoms with Crippen molar-refractivity contribution in [3.63, 3.8) is 0 Å². The number of ether oxygens (including phenoxy) is 1. The van der Waals surface area contributed by atoms with Crippen molar-refractivity contribution in [1.82, 2.24) is 10.2 Å². The maximum absolute atomic E-state index is 13.5. The van der Waals surface area contributed by atoms with Crippen LogP contribution in [0.4, 0.5) is 0 Å². The van der Waals surface area contributed by atoms with Crippen LogP contribution in [0.15, 0.2) is 84.9 Å². The summed E-state index contributed by atoms with van der Waals surface area (Å²) in [6, 6.07) is 25.2. The van der Waals surface area contributed by atoms with E-state index in [0.29, 0.717) is 23.2 Å². The van der Waals surface area contributed by atoms with Crippen molar-refractivity contribution in [2.75, 3.05) is 13.2 Å². The molecule has 2 amide bonds. The molecule has 3 rings (SSSR count). The maximum Gasteiger partial charge on any atom is 0.261 e. The Balaban J connectivity index is 1.89. The third-order valence-electron chi connectivity index (χ3n) is 5.40. The first-order valence-corrected chi connectivity index (χ1v) is 11.9. The van der Waals surface area contributed by atoms with Gasteiger partial charge >= 0.3 is 0 Å². The van der Waals surface area contributed by atoms with E-state index in [-0.39, 0.29) is 25.0 Å². The third-order valence-corrected chi connectivity index (χ3v) is 5.71. The molecule has 5 nitrogen and oxygen atoms in total. The van der Waals surface area contributed by atoms with E-state index >= 15 is 0 Å². The van der Waals surface area contributed by atoms with Gasteiger partial charge in [-0.1, -0.05) is 98.2 Å². The lowest BCUT2D eigenvalue weighted by molar-refractivity contribution is -0.143. The molecule has 0 saturated heterocycles. The van der Waals surface area contributed by atoms with Gasteiger partial charge in [0.05, 0.1) is 5.02 Å². The monoisotopic (exact) mass is 478 g/mol. The minimum atomic E-state index is -0.795. The van der Waals surface area contributed by atoms with Gasteiger partial charge in [-0.15, -0.1) is 0 Å². The van der Waals surface area contributed by atoms with E-state index in [1.807, 2.05) is 60.7 Å². The molecule has 0 unspecified atom stereocenters. The van der Waals surface area contributed by atoms with Gasteiger partial charge in [-0.3, -0.25) is 9.59 Å². The van der Waals surface area contributed by atoms with Crippen LogP contribution in [0, 0.1) is 5.92 Å². The predicted molar refractivity (Wildman–Crippen MR) is 136 cm³/mol. The number of nitrogens with one attached hydrogen (secondary N) is 1. The van der Waals surface area contributed by atoms with Crippen molar-refractivity contribution in [3.05, 3.63) is 101 Å². The molecular formula is C28H31ClN2O3. The molecule has 0 bridgehead atoms. The number of halogens is 1. The van der Waals surface area contributed by atoms with Gasteiger partial charge in [0.25, 0.3) is 5.91 Å². The summed E-state index contributed by atoms with van der Waals surface area (Å²) in [4.78, 5) is 28.5. The summed E-state index contributed by atoms with van der Waals surface area (Å²) < 4.78 is 5.74. The van der Waals surface area contributed by atoms with Gasteiger partial charge < -0.3 is 15.0 Å². The molecule has 0 fully saturated rings. The van der Waals surface area contributed by atoms with Crippen molar-refractivity contribution in [2.45, 2.75) is 32.9 Å². The predicted octanol–water partition coefficient (Wildman–Crippen LogP) is 5.65. The smallest absolute Gasteiger partial charge is 0.261 e. The van der Waals surface area contributed by atoms with Gasteiger partial charge in [0.15, 0.2) is 6.61 Å². The van der Waals surface area contributed by atoms with Crippen molar-refractivity contribution in [3.8, 4) is 5.75 Å². The SMILES string of the molecule is CC(C)CCNC(=O)[C@@H](c1ccccc1)N(Cc1ccccc1)C(=O)COc1ccccc1Cl. The fourth-order valence-corrected chi connectivity index (χ4v) is 3.77. The standard InChI is InChI=1S/C28H31ClN2O3/c1-21(2)17-18-30-28(33)27(23-13-7-4-8-14-23)31(19-22-11-5-3-6-12-22)26(32)20-34-25-16-10-9-15-24(25)29/h3-16,21,27H,17-20H2,1-2H3,(H,30,33)/t27-/m1/s1. The van der Waals surface area contributed by atoms with E-state index in [1.165, 1.54) is 0 Å². The lowest BCUT2D eigenvalue weighted by Gasteiger charge is -2.31. The van der Waals surface area contributed by atoms with Crippen molar-refractivity contribution in [2.24, 2.45) is 5.92 Å². The molecule has 0 saturated carbocycles. The van der Waals surface area contributed by atoms with Crippen LogP contribution in [-0.2, 0) is 16.1 Å². The van der Waals surface area contributed by atoms with Crippen LogP contribution in [-0.4, -0.2) is 29.9 Å². The summed E-state index contributed by atoms with van der Waals surface area (Å²) in [5.41, 5.74) is 1.66. The van der Waals surface area contributed by atoms with E-state index in [2.05, 4.69) is 19.2 Å². The average molecular weight is 479 g/mol. The molecule has 0 aromatic heterocycles. The zero-order valence-electron chi connectivity index (χ0n) is 19.6. The highest BCUT2D eigenvalue weighted by molar-refractivity contribution is 6.32. The molecule has 34 heavy (non-hydrogen) atoms. The first-order valence-electron chi connectivity index (χ1n) is 11.5. The number of para-hydroxylation sites is 1. The third kappa shape index (κ3) is 7.35. The van der Waals surface area contributed by atoms with E-state index in [1.54, 1.807) is 29.2 Å². The van der Waals surface area contributed by atoms with Crippen molar-refractivity contribution >= 4 is 23.4 Å². The highest BCUT2D eigenvalue weighted by Crippen LogP contribution is 2.26. The lowest BCUT2D eigenvalue weighted by atomic mass is 10.0. The summed E-state index contributed by atoms with van der Waals surface area (Å²) >= 11 is 6.19. The Labute approximate surface area is 206 Å². The van der Waals surface area contributed by atoms with Crippen LogP contribution < -0.4 is 10.1 Å². The number of carbonyl (C=O) groups excluding carboxylic acids is 2. The quantitative estimate of drug-likeness (QED) is 0.387. The number of benzene rings is 3. The fourth-order valence-electron chi connectivity index (χ4n) is 3.58. The molecule has 1 atom stereocenters. The second kappa shape index (κ2) is 12.8. The van der Waals surface area contributed by atoms with Crippen LogP contribution in [0.2, 0.25) is 5.02 Å². The average Bonchev–Trinajstić information content (AvgIpc) is 2.84. The van der Waals surface area contributed by atoms with Gasteiger partial charge in [0.1, 0.15) is 11.8 Å². The number of amides is 2. The molecule has 1 N–H and O–H groups in total. The van der Waals surface area contributed by atoms with Crippen molar-refractivity contribution < 1.29 is 14.3 Å². The largest absolute Gasteiger partial charge is 0.482 e. The Hall–Kier alpha value is -3.31. The molecule has 3 aromatic carbocycles. The molecule has 0 aliphatic rings. The summed E-state index contributed by atoms with van der Waals surface area (Å²) in [6.45, 7) is 4.79. The zero-order chi connectivity index (χ0) is 24.3. The summed E-state index contributed by atoms with van der Waals surface area (Å²) in [5.74, 6) is 0.363. The number of hydrogen-bond donors (Lipinski definition) is 1. The second-order valence-electron chi connectivity index (χ2n) is 8.51. The van der Waals surface area contributed by atoms with Crippen LogP contribution in [0.25, 0.3) is 0 Å². The minimum Gasteiger partial charge on any atom is -0.482 e. The molecule has 0 aliphatic carbocycles. The number of nitrogens with zero attached hydrogens (tertiary/aromatic N) is 1. The Morgan fingerprint density at radius 3 is 2.18 bits per heavy atom. The van der Waals surface area contributed by atoms with E-state index < -0.39 is 6.04 Å². The summed E-state index contributed by atoms with van der Waals surface area (Å²) in [5, 5.41) is 3.45. The summed E-state index contributed by atoms with van der Waals surface area (Å²) in [6.07, 6.45) is 0.857. The van der Waals surface area contributed by atoms with E-state index in [4.69, 9.17) is 16.3 Å². The fraction of sp³-hybridized carbons (Fsp3) is 0.286. The molecule has 0 radical (unpaired) electrons. The first-order chi connectivity index (χ1) is 16.5. The van der Waals surface area contributed by atoms with Gasteiger partial charge in [-0.05, 0) is 35.6 Å². The Morgan fingerprint density at radius 1 is 0.912 bits per heavy atom. The molecule has 0 aliphatic heterocycles. The van der Waals surface area contributed by atoms with E-state index in [9.17, 15) is 9.59 Å². The van der Waals surface area contributed by atoms with Crippen LogP contribution in [0.5, 0.6) is 5.75 Å². The molecule has 0 heterocycles. The van der Waals surface area contributed by atoms with Gasteiger partial charge in [0, 0.05) is 13.1 Å². The van der Waals surface area contributed by atoms with E-state index in [0.717, 1.165) is 17.5 Å². The van der Waals surface area contributed by atoms with Gasteiger partial charge in [0.2, 0.25) is 5.91 Å². The topological polar surface area (TPSA) is 58.6 Å². The lowest BCUT2D eigenvalue weighted by Crippen LogP contribution is -2.45. The van der Waals surface area contributed by atoms with Crippen LogP contribution in [0.1, 0.15) is 37.4 Å². The molecule has 0 spiro atoms. The first kappa shape index (κ1) is 25.3. The van der Waals surface area contributed by atoms with Crippen LogP contribution in [0.3, 0.4) is 0 Å². The minimum absolute atomic E-state index is 0.214. The Morgan fingerprint density at radius 2 is 1.53 bits per heavy atom. The Kier molecular flexibility index (Phi) is 9.53. The molecule has 3 aromatic rings. The second-order valence-corrected chi connectivity index (χ2v) is 8.92. The van der Waals surface area contributed by atoms with Crippen LogP contribution >= 0.6 is 11.6 Å². The van der Waals surface area contributed by atoms with Crippen molar-refractivity contribution in [1.29, 1.82) is 0 Å². The zero-order valence-corrected chi connectivity index (χ0v) is 20.4. The molecule has 178 valence electrons. The highest BCUT2D eigenvalue weighted by Gasteiger charge is 2.31. The molecular weight excluding hydrogens is 448 g/mol. The highest BCUT2D eigenvalue weighted by atomic mass is 35.5. The van der Waals surface area contributed by atoms with Gasteiger partial charge in [-0.2, -0.15) is 0 Å². The van der Waals surface area contributed by atoms with Gasteiger partial charge in [-0.25, -0.2) is 0 Å². The Bertz CT molecular complexity index is 1060. The summed E-state index contributed by atoms with van der Waals surface area (Å²) in [7, 11) is 0. The number of rotatable bonds is 11.